The lowest BCUT2D eigenvalue weighted by atomic mass is 9.92. The van der Waals surface area contributed by atoms with Gasteiger partial charge in [-0.05, 0) is 41.7 Å². The van der Waals surface area contributed by atoms with E-state index in [2.05, 4.69) is 48.7 Å². The van der Waals surface area contributed by atoms with Gasteiger partial charge in [0.15, 0.2) is 0 Å². The third kappa shape index (κ3) is 2.59. The molecule has 2 N–H and O–H groups in total. The van der Waals surface area contributed by atoms with E-state index in [1.165, 1.54) is 24.0 Å². The van der Waals surface area contributed by atoms with Gasteiger partial charge in [0.1, 0.15) is 0 Å². The van der Waals surface area contributed by atoms with E-state index in [0.717, 1.165) is 19.5 Å². The summed E-state index contributed by atoms with van der Waals surface area (Å²) in [5, 5.41) is 6.51. The Balaban J connectivity index is 1.57. The number of carbonyl (C=O) groups is 1. The number of hydrogen-bond acceptors (Lipinski definition) is 2. The Labute approximate surface area is 121 Å². The molecule has 3 heteroatoms. The Kier molecular flexibility index (Phi) is 3.55. The third-order valence-corrected chi connectivity index (χ3v) is 5.13. The molecule has 2 aliphatic rings. The molecule has 0 aromatic heterocycles. The molecule has 1 fully saturated rings. The number of benzene rings is 1. The maximum Gasteiger partial charge on any atom is 0.237 e. The molecule has 0 bridgehead atoms. The largest absolute Gasteiger partial charge is 0.354 e. The van der Waals surface area contributed by atoms with Gasteiger partial charge in [0.2, 0.25) is 5.91 Å². The second-order valence-electron chi connectivity index (χ2n) is 6.64. The summed E-state index contributed by atoms with van der Waals surface area (Å²) >= 11 is 0. The predicted molar refractivity (Wildman–Crippen MR) is 80.3 cm³/mol. The first-order chi connectivity index (χ1) is 9.61. The molecule has 1 aromatic rings. The van der Waals surface area contributed by atoms with Crippen molar-refractivity contribution in [2.75, 3.05) is 6.54 Å². The maximum absolute atomic E-state index is 12.3. The highest BCUT2D eigenvalue weighted by Crippen LogP contribution is 2.51. The van der Waals surface area contributed by atoms with Crippen molar-refractivity contribution in [2.45, 2.75) is 45.7 Å². The Morgan fingerprint density at radius 2 is 2.05 bits per heavy atom. The zero-order valence-electron chi connectivity index (χ0n) is 12.4. The summed E-state index contributed by atoms with van der Waals surface area (Å²) in [5.41, 5.74) is 3.00. The van der Waals surface area contributed by atoms with E-state index in [1.807, 2.05) is 0 Å². The van der Waals surface area contributed by atoms with E-state index in [9.17, 15) is 4.79 Å². The molecule has 0 unspecified atom stereocenters. The van der Waals surface area contributed by atoms with Crippen LogP contribution in [0, 0.1) is 11.3 Å². The van der Waals surface area contributed by atoms with Crippen LogP contribution in [0.25, 0.3) is 0 Å². The first-order valence-corrected chi connectivity index (χ1v) is 7.69. The van der Waals surface area contributed by atoms with E-state index in [-0.39, 0.29) is 11.9 Å². The van der Waals surface area contributed by atoms with Crippen LogP contribution in [-0.2, 0) is 17.8 Å². The van der Waals surface area contributed by atoms with Gasteiger partial charge >= 0.3 is 0 Å². The molecule has 0 saturated heterocycles. The molecule has 3 nitrogen and oxygen atoms in total. The van der Waals surface area contributed by atoms with E-state index in [4.69, 9.17) is 0 Å². The van der Waals surface area contributed by atoms with Crippen LogP contribution in [-0.4, -0.2) is 18.5 Å². The van der Waals surface area contributed by atoms with Crippen molar-refractivity contribution in [1.29, 1.82) is 0 Å². The highest BCUT2D eigenvalue weighted by atomic mass is 16.2. The van der Waals surface area contributed by atoms with Crippen LogP contribution in [0.5, 0.6) is 0 Å². The first kappa shape index (κ1) is 13.6. The minimum atomic E-state index is -0.0761. The topological polar surface area (TPSA) is 41.1 Å². The smallest absolute Gasteiger partial charge is 0.237 e. The lowest BCUT2D eigenvalue weighted by Gasteiger charge is -2.27. The van der Waals surface area contributed by atoms with Crippen molar-refractivity contribution in [3.05, 3.63) is 35.4 Å². The van der Waals surface area contributed by atoms with Gasteiger partial charge in [-0.1, -0.05) is 38.1 Å². The summed E-state index contributed by atoms with van der Waals surface area (Å²) in [6.45, 7) is 6.15. The van der Waals surface area contributed by atoms with Gasteiger partial charge < -0.3 is 10.6 Å². The van der Waals surface area contributed by atoms with E-state index in [1.54, 1.807) is 0 Å². The molecule has 1 saturated carbocycles. The zero-order chi connectivity index (χ0) is 14.2. The molecule has 1 atom stereocenters. The fourth-order valence-corrected chi connectivity index (χ4v) is 3.14. The van der Waals surface area contributed by atoms with Crippen LogP contribution in [0.4, 0.5) is 0 Å². The fourth-order valence-electron chi connectivity index (χ4n) is 3.14. The Morgan fingerprint density at radius 1 is 1.35 bits per heavy atom. The molecular weight excluding hydrogens is 248 g/mol. The molecule has 0 spiro atoms. The van der Waals surface area contributed by atoms with Gasteiger partial charge in [-0.2, -0.15) is 0 Å². The summed E-state index contributed by atoms with van der Waals surface area (Å²) in [7, 11) is 0. The van der Waals surface area contributed by atoms with E-state index in [0.29, 0.717) is 11.3 Å². The minimum absolute atomic E-state index is 0.0761. The molecule has 3 rings (SSSR count). The van der Waals surface area contributed by atoms with Crippen molar-refractivity contribution < 1.29 is 4.79 Å². The molecule has 1 amide bonds. The zero-order valence-corrected chi connectivity index (χ0v) is 12.4. The molecule has 20 heavy (non-hydrogen) atoms. The molecule has 108 valence electrons. The normalized spacial score (nSPS) is 23.2. The maximum atomic E-state index is 12.3. The summed E-state index contributed by atoms with van der Waals surface area (Å²) in [4.78, 5) is 12.3. The standard InChI is InChI=1S/C17H24N2O/c1-12(2)17(7-8-17)11-19-16(20)15-9-13-5-3-4-6-14(13)10-18-15/h3-6,12,15,18H,7-11H2,1-2H3,(H,19,20)/t15-/m0/s1. The lowest BCUT2D eigenvalue weighted by Crippen LogP contribution is -2.49. The van der Waals surface area contributed by atoms with Crippen molar-refractivity contribution >= 4 is 5.91 Å². The predicted octanol–water partition coefficient (Wildman–Crippen LogP) is 2.25. The highest BCUT2D eigenvalue weighted by Gasteiger charge is 2.45. The van der Waals surface area contributed by atoms with Crippen LogP contribution >= 0.6 is 0 Å². The summed E-state index contributed by atoms with van der Waals surface area (Å²) in [5.74, 6) is 0.814. The fraction of sp³-hybridized carbons (Fsp3) is 0.588. The average molecular weight is 272 g/mol. The number of hydrogen-bond donors (Lipinski definition) is 2. The number of rotatable bonds is 4. The van der Waals surface area contributed by atoms with Gasteiger partial charge in [0, 0.05) is 13.1 Å². The quantitative estimate of drug-likeness (QED) is 0.882. The van der Waals surface area contributed by atoms with Crippen molar-refractivity contribution in [1.82, 2.24) is 10.6 Å². The molecule has 1 aliphatic heterocycles. The molecular formula is C17H24N2O. The number of amides is 1. The average Bonchev–Trinajstić information content (AvgIpc) is 3.25. The summed E-state index contributed by atoms with van der Waals surface area (Å²) < 4.78 is 0. The lowest BCUT2D eigenvalue weighted by molar-refractivity contribution is -0.123. The Hall–Kier alpha value is -1.35. The van der Waals surface area contributed by atoms with Crippen molar-refractivity contribution in [2.24, 2.45) is 11.3 Å². The molecule has 1 aromatic carbocycles. The Morgan fingerprint density at radius 3 is 2.70 bits per heavy atom. The van der Waals surface area contributed by atoms with Gasteiger partial charge in [-0.3, -0.25) is 4.79 Å². The van der Waals surface area contributed by atoms with E-state index < -0.39 is 0 Å². The second kappa shape index (κ2) is 5.21. The molecule has 0 radical (unpaired) electrons. The molecule has 1 heterocycles. The minimum Gasteiger partial charge on any atom is -0.354 e. The van der Waals surface area contributed by atoms with Crippen molar-refractivity contribution in [3.8, 4) is 0 Å². The number of nitrogens with one attached hydrogen (secondary N) is 2. The number of carbonyl (C=O) groups excluding carboxylic acids is 1. The van der Waals surface area contributed by atoms with Gasteiger partial charge in [0.05, 0.1) is 6.04 Å². The van der Waals surface area contributed by atoms with Crippen LogP contribution in [0.2, 0.25) is 0 Å². The first-order valence-electron chi connectivity index (χ1n) is 7.69. The van der Waals surface area contributed by atoms with Crippen molar-refractivity contribution in [3.63, 3.8) is 0 Å². The summed E-state index contributed by atoms with van der Waals surface area (Å²) in [6, 6.07) is 8.30. The monoisotopic (exact) mass is 272 g/mol. The summed E-state index contributed by atoms with van der Waals surface area (Å²) in [6.07, 6.45) is 3.31. The van der Waals surface area contributed by atoms with Crippen LogP contribution < -0.4 is 10.6 Å². The van der Waals surface area contributed by atoms with Crippen LogP contribution in [0.3, 0.4) is 0 Å². The Bertz CT molecular complexity index is 505. The van der Waals surface area contributed by atoms with Gasteiger partial charge in [-0.15, -0.1) is 0 Å². The van der Waals surface area contributed by atoms with Gasteiger partial charge in [0.25, 0.3) is 0 Å². The van der Waals surface area contributed by atoms with Gasteiger partial charge in [-0.25, -0.2) is 0 Å². The highest BCUT2D eigenvalue weighted by molar-refractivity contribution is 5.82. The second-order valence-corrected chi connectivity index (χ2v) is 6.64. The van der Waals surface area contributed by atoms with Crippen LogP contribution in [0.1, 0.15) is 37.8 Å². The van der Waals surface area contributed by atoms with E-state index >= 15 is 0 Å². The number of fused-ring (bicyclic) bond motifs is 1. The third-order valence-electron chi connectivity index (χ3n) is 5.13. The SMILES string of the molecule is CC(C)C1(CNC(=O)[C@@H]2Cc3ccccc3CN2)CC1. The molecule has 1 aliphatic carbocycles. The van der Waals surface area contributed by atoms with Crippen LogP contribution in [0.15, 0.2) is 24.3 Å².